The predicted octanol–water partition coefficient (Wildman–Crippen LogP) is 7.74. The van der Waals surface area contributed by atoms with Gasteiger partial charge in [0.25, 0.3) is 11.8 Å². The molecule has 9 rings (SSSR count). The molecule has 5 saturated heterocycles. The van der Waals surface area contributed by atoms with Gasteiger partial charge < -0.3 is 92.9 Å². The Balaban J connectivity index is 0.000000259. The number of allylic oxidation sites excluding steroid dienone is 6. The molecule has 0 aromatic heterocycles. The number of hydroxylamine groups is 2. The second kappa shape index (κ2) is 39.7. The van der Waals surface area contributed by atoms with Crippen LogP contribution in [0.25, 0.3) is 0 Å². The van der Waals surface area contributed by atoms with Gasteiger partial charge in [0.15, 0.2) is 0 Å². The maximum absolute atomic E-state index is 14.0. The summed E-state index contributed by atoms with van der Waals surface area (Å²) in [6.45, 7) is 19.6. The van der Waals surface area contributed by atoms with Crippen LogP contribution in [0.5, 0.6) is 11.5 Å². The average molecular weight is 1650 g/mol. The Kier molecular flexibility index (Phi) is 32.4. The molecule has 0 aliphatic carbocycles. The third-order valence-electron chi connectivity index (χ3n) is 21.8. The molecule has 115 heavy (non-hydrogen) atoms. The normalized spacial score (nSPS) is 30.5. The molecule has 2 aromatic carbocycles. The first-order valence-corrected chi connectivity index (χ1v) is 39.1. The van der Waals surface area contributed by atoms with Gasteiger partial charge in [0.2, 0.25) is 17.7 Å². The predicted molar refractivity (Wildman–Crippen MR) is 421 cm³/mol. The quantitative estimate of drug-likeness (QED) is 0.0509. The lowest BCUT2D eigenvalue weighted by atomic mass is 9.78. The zero-order valence-corrected chi connectivity index (χ0v) is 70.7. The van der Waals surface area contributed by atoms with Crippen molar-refractivity contribution in [1.82, 2.24) is 15.3 Å². The molecule has 0 saturated carbocycles. The number of nitrogens with one attached hydrogen (secondary N) is 1. The second-order valence-electron chi connectivity index (χ2n) is 31.8. The molecule has 0 spiro atoms. The van der Waals surface area contributed by atoms with Crippen molar-refractivity contribution in [2.75, 3.05) is 73.0 Å². The standard InChI is InChI=1S/C36H50ClN3O10.C33H45ClN2O9.C13H19NO6/c1-20-10-9-11-27(47-8)36(45)18-26(48-31(43)19-36)21(2)33-35(4,50-33)28(49-34(44)22(3)39(5)29(41)12-13-38)17-30(42)40(6)24-15-23(14-20)16-25(46-7)32(24)37;1-18-10-9-11-25(42-8)33(40)16-24(43-28(38)17-33)19(2)30-32(4,45-30)26(44-31(39)20(3)35-5)15-27(37)36(6)22-13-21(12-18)14-23(41-7)29(22)34;1-13(2,3)19-11(17)5-4-6-12(18)20-14-9(15)7-8-10(14)16/h9-11,15-16,21-22,26-28,33,45H,12-14,17-19,38H2,1-8H3;9-11,13-14,19-20,24-26,30,35,40H,12,15-17H2,1-8H3;4-8H2,1-3H3/b11-9+,20-10+;11-9+,18-10+;/t21-,22+,26+,27-,28+,33+,35+,36-;19-,20+,24+,25-,26+,30+,32+,33-;/m11./s1. The van der Waals surface area contributed by atoms with E-state index in [0.717, 1.165) is 22.3 Å². The fourth-order valence-electron chi connectivity index (χ4n) is 14.6. The third kappa shape index (κ3) is 23.7. The Hall–Kier alpha value is -8.37. The minimum absolute atomic E-state index is 0.0476. The van der Waals surface area contributed by atoms with Crippen molar-refractivity contribution in [1.29, 1.82) is 0 Å². The van der Waals surface area contributed by atoms with Gasteiger partial charge in [0, 0.05) is 98.7 Å². The number of hydrogen-bond donors (Lipinski definition) is 4. The number of imide groups is 1. The number of nitrogens with zero attached hydrogens (tertiary/aromatic N) is 4. The van der Waals surface area contributed by atoms with Crippen LogP contribution < -0.4 is 30.3 Å². The van der Waals surface area contributed by atoms with Crippen LogP contribution in [-0.4, -0.2) is 238 Å². The van der Waals surface area contributed by atoms with Gasteiger partial charge in [-0.05, 0) is 124 Å². The van der Waals surface area contributed by atoms with Gasteiger partial charge >= 0.3 is 35.8 Å². The smallest absolute Gasteiger partial charge is 0.333 e. The van der Waals surface area contributed by atoms with Crippen molar-refractivity contribution < 1.29 is 120 Å². The summed E-state index contributed by atoms with van der Waals surface area (Å²) in [5.41, 5.74) is 4.04. The van der Waals surface area contributed by atoms with Crippen molar-refractivity contribution >= 4 is 99.9 Å². The van der Waals surface area contributed by atoms with Gasteiger partial charge in [-0.15, -0.1) is 5.06 Å². The Bertz CT molecular complexity index is 4050. The number of benzene rings is 2. The summed E-state index contributed by atoms with van der Waals surface area (Å²) in [5.74, 6) is -5.81. The first-order chi connectivity index (χ1) is 53.8. The number of methoxy groups -OCH3 is 4. The number of hydrogen-bond acceptors (Lipinski definition) is 27. The van der Waals surface area contributed by atoms with E-state index in [1.54, 1.807) is 99.1 Å². The Labute approximate surface area is 681 Å². The van der Waals surface area contributed by atoms with Crippen LogP contribution in [0.2, 0.25) is 10.0 Å². The summed E-state index contributed by atoms with van der Waals surface area (Å²) in [5, 5.41) is 27.4. The second-order valence-corrected chi connectivity index (χ2v) is 32.5. The highest BCUT2D eigenvalue weighted by atomic mass is 35.5. The maximum Gasteiger partial charge on any atom is 0.333 e. The Morgan fingerprint density at radius 2 is 1.08 bits per heavy atom. The number of ether oxygens (including phenoxy) is 11. The van der Waals surface area contributed by atoms with Gasteiger partial charge in [-0.2, -0.15) is 0 Å². The Morgan fingerprint density at radius 1 is 0.661 bits per heavy atom. The lowest BCUT2D eigenvalue weighted by Gasteiger charge is -2.41. The number of likely N-dealkylation sites (N-methyl/N-ethyl adjacent to an activating group) is 2. The van der Waals surface area contributed by atoms with Gasteiger partial charge in [-0.3, -0.25) is 43.2 Å². The van der Waals surface area contributed by atoms with Gasteiger partial charge in [0.05, 0.1) is 63.5 Å². The molecule has 7 heterocycles. The van der Waals surface area contributed by atoms with Crippen LogP contribution in [-0.2, 0) is 113 Å². The molecular weight excluding hydrogens is 1540 g/mol. The molecule has 636 valence electrons. The maximum atomic E-state index is 14.0. The van der Waals surface area contributed by atoms with Crippen LogP contribution >= 0.6 is 23.2 Å². The molecule has 31 nitrogen and oxygen atoms in total. The Morgan fingerprint density at radius 3 is 1.47 bits per heavy atom. The van der Waals surface area contributed by atoms with Crippen LogP contribution in [0, 0.1) is 11.8 Å². The van der Waals surface area contributed by atoms with E-state index in [1.165, 1.54) is 57.1 Å². The zero-order valence-electron chi connectivity index (χ0n) is 69.2. The monoisotopic (exact) mass is 1650 g/mol. The number of esters is 5. The van der Waals surface area contributed by atoms with Crippen molar-refractivity contribution in [3.8, 4) is 11.5 Å². The van der Waals surface area contributed by atoms with E-state index in [-0.39, 0.29) is 105 Å². The van der Waals surface area contributed by atoms with Gasteiger partial charge in [-0.1, -0.05) is 84.7 Å². The van der Waals surface area contributed by atoms with Gasteiger partial charge in [-0.25, -0.2) is 9.59 Å². The summed E-state index contributed by atoms with van der Waals surface area (Å²) in [4.78, 5) is 147. The number of amides is 5. The van der Waals surface area contributed by atoms with E-state index in [2.05, 4.69) is 10.2 Å². The zero-order chi connectivity index (χ0) is 85.7. The van der Waals surface area contributed by atoms with Crippen LogP contribution in [0.3, 0.4) is 0 Å². The molecule has 8 bridgehead atoms. The fraction of sp³-hybridized carbons (Fsp3) is 0.622. The molecule has 33 heteroatoms. The highest BCUT2D eigenvalue weighted by Gasteiger charge is 2.66. The number of halogens is 2. The average Bonchev–Trinajstić information content (AvgIpc) is 1.58. The van der Waals surface area contributed by atoms with E-state index >= 15 is 0 Å². The van der Waals surface area contributed by atoms with Crippen molar-refractivity contribution in [3.63, 3.8) is 0 Å². The molecule has 5 fully saturated rings. The lowest BCUT2D eigenvalue weighted by molar-refractivity contribution is -0.197. The summed E-state index contributed by atoms with van der Waals surface area (Å²) in [6.07, 6.45) is 4.95. The number of fused-ring (bicyclic) bond motifs is 10. The lowest BCUT2D eigenvalue weighted by Crippen LogP contribution is -2.53. The number of epoxide rings is 2. The van der Waals surface area contributed by atoms with E-state index in [0.29, 0.717) is 40.8 Å². The molecule has 2 aromatic rings. The van der Waals surface area contributed by atoms with Crippen molar-refractivity contribution in [3.05, 3.63) is 93.0 Å². The van der Waals surface area contributed by atoms with E-state index in [4.69, 9.17) is 81.0 Å². The SMILES string of the molecule is CC(C)(C)OC(=O)CCCC(=O)ON1C(=O)CCC1=O.CN[C@@H](C)C(=O)O[C@H]1CC(=O)N(C)c2cc(cc(OC)c2Cl)C/C(C)=C/C=C/[C@@H](OC)[C@]2(O)CC(=O)O[C@@H](C2)[C@@H](C)[C@@H]2O[C@@]12C.COc1cc2cc(c1Cl)N(C)C(=O)C[C@H](OC(=O)[C@H](C)N(C)C(=O)CCN)[C@]1(C)O[C@H]1[C@H](C)[C@@H]1C[C@@](O)(CC(=O)O1)[C@H](OC)/C=C/C=C(\C)C2. The molecule has 5 N–H and O–H groups in total. The largest absolute Gasteiger partial charge is 0.495 e. The number of carbonyl (C=O) groups excluding carboxylic acids is 11. The van der Waals surface area contributed by atoms with Crippen molar-refractivity contribution in [2.45, 2.75) is 255 Å². The first-order valence-electron chi connectivity index (χ1n) is 38.4. The number of aliphatic hydroxyl groups is 2. The number of rotatable bonds is 17. The van der Waals surface area contributed by atoms with Crippen molar-refractivity contribution in [2.24, 2.45) is 17.6 Å². The van der Waals surface area contributed by atoms with Crippen LogP contribution in [0.4, 0.5) is 11.4 Å². The number of anilines is 2. The first kappa shape index (κ1) is 93.8. The van der Waals surface area contributed by atoms with E-state index in [1.807, 2.05) is 52.0 Å². The summed E-state index contributed by atoms with van der Waals surface area (Å²) >= 11 is 13.4. The minimum Gasteiger partial charge on any atom is -0.495 e. The molecule has 7 aliphatic rings. The van der Waals surface area contributed by atoms with Crippen LogP contribution in [0.15, 0.2) is 71.9 Å². The van der Waals surface area contributed by atoms with Crippen LogP contribution in [0.1, 0.15) is 164 Å². The minimum atomic E-state index is -1.57. The number of nitrogens with two attached hydrogens (primary N) is 1. The fourth-order valence-corrected chi connectivity index (χ4v) is 15.2. The summed E-state index contributed by atoms with van der Waals surface area (Å²) < 4.78 is 63.4. The van der Waals surface area contributed by atoms with E-state index in [9.17, 15) is 63.0 Å². The highest BCUT2D eigenvalue weighted by Crippen LogP contribution is 2.52. The molecule has 16 atom stereocenters. The molecule has 5 amide bonds. The van der Waals surface area contributed by atoms with Gasteiger partial charge in [0.1, 0.15) is 98.3 Å². The molecule has 0 radical (unpaired) electrons. The summed E-state index contributed by atoms with van der Waals surface area (Å²) in [7, 11) is 12.3. The molecular formula is C82H114Cl2N6O25. The highest BCUT2D eigenvalue weighted by molar-refractivity contribution is 6.36. The molecule has 7 aliphatic heterocycles. The van der Waals surface area contributed by atoms with E-state index < -0.39 is 154 Å². The summed E-state index contributed by atoms with van der Waals surface area (Å²) in [6, 6.07) is 5.62. The molecule has 0 unspecified atom stereocenters. The number of carbonyl (C=O) groups is 11. The topological polar surface area (TPSA) is 397 Å². The third-order valence-corrected chi connectivity index (χ3v) is 22.5.